The van der Waals surface area contributed by atoms with Gasteiger partial charge in [0.25, 0.3) is 0 Å². The van der Waals surface area contributed by atoms with E-state index in [0.29, 0.717) is 0 Å². The van der Waals surface area contributed by atoms with Crippen molar-refractivity contribution >= 4 is 6.08 Å². The Hall–Kier alpha value is -1.82. The van der Waals surface area contributed by atoms with Crippen LogP contribution in [0.2, 0.25) is 0 Å². The summed E-state index contributed by atoms with van der Waals surface area (Å²) >= 11 is 0. The van der Waals surface area contributed by atoms with E-state index in [-0.39, 0.29) is 0 Å². The molecule has 3 rings (SSSR count). The van der Waals surface area contributed by atoms with Gasteiger partial charge in [0.15, 0.2) is 0 Å². The molecule has 30 heavy (non-hydrogen) atoms. The van der Waals surface area contributed by atoms with Gasteiger partial charge < -0.3 is 0 Å². The zero-order chi connectivity index (χ0) is 21.2. The normalized spacial score (nSPS) is 18.9. The molecular weight excluding hydrogens is 360 g/mol. The van der Waals surface area contributed by atoms with Gasteiger partial charge in [0, 0.05) is 0 Å². The Bertz CT molecular complexity index is 751. The summed E-state index contributed by atoms with van der Waals surface area (Å²) in [6, 6.07) is 18.4. The van der Waals surface area contributed by atoms with E-state index >= 15 is 0 Å². The molecule has 0 unspecified atom stereocenters. The maximum Gasteiger partial charge on any atom is -0.0162 e. The van der Waals surface area contributed by atoms with Gasteiger partial charge in [-0.25, -0.2) is 0 Å². The lowest BCUT2D eigenvalue weighted by Crippen LogP contribution is -2.13. The molecule has 2 aromatic carbocycles. The fraction of sp³-hybridized carbons (Fsp3) is 0.533. The van der Waals surface area contributed by atoms with Crippen molar-refractivity contribution in [2.24, 2.45) is 5.92 Å². The third kappa shape index (κ3) is 7.15. The molecule has 0 atom stereocenters. The van der Waals surface area contributed by atoms with Crippen LogP contribution in [0, 0.1) is 5.92 Å². The SMILES string of the molecule is CCCCCCCCC1CCC(c2ccc(-c3ccc(C=C(C)C)cc3)cc2)CC1. The smallest absolute Gasteiger partial charge is 0.0162 e. The number of rotatable bonds is 10. The largest absolute Gasteiger partial charge is 0.0758 e. The molecule has 0 saturated heterocycles. The maximum atomic E-state index is 2.39. The zero-order valence-corrected chi connectivity index (χ0v) is 19.6. The minimum absolute atomic E-state index is 0.778. The summed E-state index contributed by atoms with van der Waals surface area (Å²) in [5.41, 5.74) is 6.83. The lowest BCUT2D eigenvalue weighted by Gasteiger charge is -2.29. The lowest BCUT2D eigenvalue weighted by molar-refractivity contribution is 0.302. The van der Waals surface area contributed by atoms with Crippen LogP contribution >= 0.6 is 0 Å². The highest BCUT2D eigenvalue weighted by atomic mass is 14.3. The predicted octanol–water partition coefficient (Wildman–Crippen LogP) is 9.80. The van der Waals surface area contributed by atoms with Crippen LogP contribution in [0.1, 0.15) is 108 Å². The van der Waals surface area contributed by atoms with Crippen LogP contribution in [0.15, 0.2) is 54.1 Å². The number of hydrogen-bond donors (Lipinski definition) is 0. The summed E-state index contributed by atoms with van der Waals surface area (Å²) in [5, 5.41) is 0. The van der Waals surface area contributed by atoms with Crippen LogP contribution in [0.4, 0.5) is 0 Å². The summed E-state index contributed by atoms with van der Waals surface area (Å²) in [4.78, 5) is 0. The molecule has 0 aromatic heterocycles. The molecule has 0 nitrogen and oxygen atoms in total. The van der Waals surface area contributed by atoms with Crippen molar-refractivity contribution in [3.05, 3.63) is 65.2 Å². The summed E-state index contributed by atoms with van der Waals surface area (Å²) in [6.07, 6.45) is 17.9. The van der Waals surface area contributed by atoms with Crippen molar-refractivity contribution < 1.29 is 0 Å². The first-order valence-electron chi connectivity index (χ1n) is 12.5. The Balaban J connectivity index is 1.45. The van der Waals surface area contributed by atoms with Crippen LogP contribution in [-0.2, 0) is 0 Å². The van der Waals surface area contributed by atoms with Crippen molar-refractivity contribution in [1.82, 2.24) is 0 Å². The van der Waals surface area contributed by atoms with E-state index in [0.717, 1.165) is 11.8 Å². The quantitative estimate of drug-likeness (QED) is 0.347. The van der Waals surface area contributed by atoms with E-state index in [1.807, 2.05) is 0 Å². The molecule has 0 N–H and O–H groups in total. The van der Waals surface area contributed by atoms with E-state index in [4.69, 9.17) is 0 Å². The number of allylic oxidation sites excluding steroid dienone is 1. The van der Waals surface area contributed by atoms with E-state index in [9.17, 15) is 0 Å². The summed E-state index contributed by atoms with van der Waals surface area (Å²) in [7, 11) is 0. The number of unbranched alkanes of at least 4 members (excludes halogenated alkanes) is 5. The molecule has 1 saturated carbocycles. The highest BCUT2D eigenvalue weighted by Gasteiger charge is 2.22. The van der Waals surface area contributed by atoms with Gasteiger partial charge in [0.2, 0.25) is 0 Å². The highest BCUT2D eigenvalue weighted by molar-refractivity contribution is 5.66. The van der Waals surface area contributed by atoms with Crippen molar-refractivity contribution in [2.75, 3.05) is 0 Å². The van der Waals surface area contributed by atoms with Gasteiger partial charge in [-0.15, -0.1) is 0 Å². The molecule has 1 aliphatic rings. The van der Waals surface area contributed by atoms with E-state index in [2.05, 4.69) is 75.4 Å². The number of hydrogen-bond acceptors (Lipinski definition) is 0. The predicted molar refractivity (Wildman–Crippen MR) is 134 cm³/mol. The first kappa shape index (κ1) is 22.9. The van der Waals surface area contributed by atoms with Crippen LogP contribution in [0.3, 0.4) is 0 Å². The molecular formula is C30H42. The van der Waals surface area contributed by atoms with Crippen molar-refractivity contribution in [1.29, 1.82) is 0 Å². The Morgan fingerprint density at radius 3 is 1.90 bits per heavy atom. The molecule has 0 heteroatoms. The van der Waals surface area contributed by atoms with Crippen LogP contribution < -0.4 is 0 Å². The standard InChI is InChI=1S/C30H42/c1-4-5-6-7-8-9-10-25-11-15-27(16-12-25)29-19-21-30(22-20-29)28-17-13-26(14-18-28)23-24(2)3/h13-14,17-23,25,27H,4-12,15-16H2,1-3H3. The van der Waals surface area contributed by atoms with Gasteiger partial charge in [-0.05, 0) is 73.6 Å². The third-order valence-electron chi connectivity index (χ3n) is 6.89. The zero-order valence-electron chi connectivity index (χ0n) is 19.6. The van der Waals surface area contributed by atoms with Crippen LogP contribution in [0.25, 0.3) is 17.2 Å². The van der Waals surface area contributed by atoms with Crippen molar-refractivity contribution in [3.63, 3.8) is 0 Å². The second-order valence-corrected chi connectivity index (χ2v) is 9.74. The van der Waals surface area contributed by atoms with E-state index in [1.54, 1.807) is 5.56 Å². The average Bonchev–Trinajstić information content (AvgIpc) is 2.77. The first-order chi connectivity index (χ1) is 14.7. The second-order valence-electron chi connectivity index (χ2n) is 9.74. The Morgan fingerprint density at radius 2 is 1.30 bits per heavy atom. The van der Waals surface area contributed by atoms with Gasteiger partial charge in [0.1, 0.15) is 0 Å². The molecule has 0 radical (unpaired) electrons. The van der Waals surface area contributed by atoms with Gasteiger partial charge >= 0.3 is 0 Å². The Kier molecular flexibility index (Phi) is 9.25. The molecule has 0 aliphatic heterocycles. The molecule has 1 fully saturated rings. The molecule has 1 aliphatic carbocycles. The molecule has 0 amide bonds. The maximum absolute atomic E-state index is 2.39. The highest BCUT2D eigenvalue weighted by Crippen LogP contribution is 2.38. The van der Waals surface area contributed by atoms with Gasteiger partial charge in [-0.3, -0.25) is 0 Å². The Morgan fingerprint density at radius 1 is 0.733 bits per heavy atom. The monoisotopic (exact) mass is 402 g/mol. The molecule has 0 heterocycles. The van der Waals surface area contributed by atoms with Crippen LogP contribution in [0.5, 0.6) is 0 Å². The second kappa shape index (κ2) is 12.1. The lowest BCUT2D eigenvalue weighted by atomic mass is 9.77. The topological polar surface area (TPSA) is 0 Å². The molecule has 0 spiro atoms. The first-order valence-corrected chi connectivity index (χ1v) is 12.5. The van der Waals surface area contributed by atoms with E-state index in [1.165, 1.54) is 92.9 Å². The summed E-state index contributed by atoms with van der Waals surface area (Å²) in [5.74, 6) is 1.77. The van der Waals surface area contributed by atoms with Gasteiger partial charge in [-0.2, -0.15) is 0 Å². The van der Waals surface area contributed by atoms with Gasteiger partial charge in [-0.1, -0.05) is 112 Å². The third-order valence-corrected chi connectivity index (χ3v) is 6.89. The summed E-state index contributed by atoms with van der Waals surface area (Å²) in [6.45, 7) is 6.60. The Labute approximate surface area is 185 Å². The van der Waals surface area contributed by atoms with Crippen molar-refractivity contribution in [3.8, 4) is 11.1 Å². The fourth-order valence-electron chi connectivity index (χ4n) is 5.05. The van der Waals surface area contributed by atoms with E-state index < -0.39 is 0 Å². The summed E-state index contributed by atoms with van der Waals surface area (Å²) < 4.78 is 0. The van der Waals surface area contributed by atoms with Gasteiger partial charge in [0.05, 0.1) is 0 Å². The number of benzene rings is 2. The molecule has 162 valence electrons. The minimum atomic E-state index is 0.778. The molecule has 0 bridgehead atoms. The molecule has 2 aromatic rings. The van der Waals surface area contributed by atoms with Crippen LogP contribution in [-0.4, -0.2) is 0 Å². The van der Waals surface area contributed by atoms with Crippen molar-refractivity contribution in [2.45, 2.75) is 97.3 Å². The minimum Gasteiger partial charge on any atom is -0.0758 e. The fourth-order valence-corrected chi connectivity index (χ4v) is 5.05. The average molecular weight is 403 g/mol.